The van der Waals surface area contributed by atoms with Gasteiger partial charge < -0.3 is 16.4 Å². The van der Waals surface area contributed by atoms with Gasteiger partial charge in [0.05, 0.1) is 6.54 Å². The van der Waals surface area contributed by atoms with Crippen molar-refractivity contribution >= 4 is 35.8 Å². The zero-order chi connectivity index (χ0) is 15.7. The maximum atomic E-state index is 11.9. The molecule has 1 aromatic rings. The minimum absolute atomic E-state index is 0. The molecular weight excluding hydrogens is 391 g/mol. The van der Waals surface area contributed by atoms with Crippen LogP contribution in [-0.4, -0.2) is 24.5 Å². The van der Waals surface area contributed by atoms with Gasteiger partial charge in [-0.2, -0.15) is 0 Å². The third-order valence-corrected chi connectivity index (χ3v) is 3.19. The number of nitrogens with zero attached hydrogens (tertiary/aromatic N) is 1. The Morgan fingerprint density at radius 2 is 1.91 bits per heavy atom. The molecule has 0 aliphatic heterocycles. The molecule has 0 aliphatic rings. The SMILES string of the molecule is CCCNC(N)=NCc1ccc(C(=O)NC(C)CC)cc1.I. The Morgan fingerprint density at radius 1 is 1.27 bits per heavy atom. The van der Waals surface area contributed by atoms with Crippen molar-refractivity contribution in [3.8, 4) is 0 Å². The quantitative estimate of drug-likeness (QED) is 0.362. The van der Waals surface area contributed by atoms with Crippen LogP contribution in [0, 0.1) is 0 Å². The zero-order valence-corrected chi connectivity index (χ0v) is 15.9. The van der Waals surface area contributed by atoms with E-state index in [1.807, 2.05) is 38.1 Å². The standard InChI is InChI=1S/C16H26N4O.HI/c1-4-10-18-16(17)19-11-13-6-8-14(9-7-13)15(21)20-12(3)5-2;/h6-9,12H,4-5,10-11H2,1-3H3,(H,20,21)(H3,17,18,19);1H. The van der Waals surface area contributed by atoms with Gasteiger partial charge in [0.2, 0.25) is 0 Å². The number of hydrogen-bond donors (Lipinski definition) is 3. The molecule has 1 atom stereocenters. The summed E-state index contributed by atoms with van der Waals surface area (Å²) < 4.78 is 0. The van der Waals surface area contributed by atoms with Gasteiger partial charge in [0.25, 0.3) is 5.91 Å². The van der Waals surface area contributed by atoms with Crippen molar-refractivity contribution in [2.45, 2.75) is 46.2 Å². The Labute approximate surface area is 150 Å². The number of hydrogen-bond acceptors (Lipinski definition) is 2. The van der Waals surface area contributed by atoms with Crippen LogP contribution in [-0.2, 0) is 6.54 Å². The largest absolute Gasteiger partial charge is 0.370 e. The molecule has 0 aliphatic carbocycles. The van der Waals surface area contributed by atoms with Gasteiger partial charge in [0, 0.05) is 18.2 Å². The van der Waals surface area contributed by atoms with E-state index in [0.717, 1.165) is 24.9 Å². The van der Waals surface area contributed by atoms with Crippen LogP contribution in [0.4, 0.5) is 0 Å². The first kappa shape index (κ1) is 20.7. The molecule has 0 bridgehead atoms. The smallest absolute Gasteiger partial charge is 0.251 e. The highest BCUT2D eigenvalue weighted by Gasteiger charge is 2.07. The molecular formula is C16H27IN4O. The average molecular weight is 418 g/mol. The van der Waals surface area contributed by atoms with Crippen molar-refractivity contribution in [3.63, 3.8) is 0 Å². The number of nitrogens with two attached hydrogens (primary N) is 1. The molecule has 0 spiro atoms. The molecule has 0 saturated carbocycles. The van der Waals surface area contributed by atoms with E-state index in [1.54, 1.807) is 0 Å². The number of carbonyl (C=O) groups excluding carboxylic acids is 1. The molecule has 0 radical (unpaired) electrons. The number of aliphatic imine (C=N–C) groups is 1. The van der Waals surface area contributed by atoms with Crippen molar-refractivity contribution in [3.05, 3.63) is 35.4 Å². The number of guanidine groups is 1. The summed E-state index contributed by atoms with van der Waals surface area (Å²) in [7, 11) is 0. The second kappa shape index (κ2) is 11.3. The number of amides is 1. The lowest BCUT2D eigenvalue weighted by Crippen LogP contribution is -2.32. The summed E-state index contributed by atoms with van der Waals surface area (Å²) in [5, 5.41) is 5.97. The molecule has 0 fully saturated rings. The summed E-state index contributed by atoms with van der Waals surface area (Å²) in [6.07, 6.45) is 1.93. The Bertz CT molecular complexity index is 474. The molecule has 1 unspecified atom stereocenters. The Hall–Kier alpha value is -1.31. The van der Waals surface area contributed by atoms with E-state index in [4.69, 9.17) is 5.73 Å². The first-order valence-corrected chi connectivity index (χ1v) is 7.50. The summed E-state index contributed by atoms with van der Waals surface area (Å²) in [4.78, 5) is 16.2. The van der Waals surface area contributed by atoms with Gasteiger partial charge in [-0.1, -0.05) is 26.0 Å². The Kier molecular flexibility index (Phi) is 10.6. The highest BCUT2D eigenvalue weighted by atomic mass is 127. The third-order valence-electron chi connectivity index (χ3n) is 3.19. The second-order valence-corrected chi connectivity index (χ2v) is 5.11. The van der Waals surface area contributed by atoms with E-state index in [2.05, 4.69) is 22.5 Å². The van der Waals surface area contributed by atoms with Crippen LogP contribution in [0.2, 0.25) is 0 Å². The van der Waals surface area contributed by atoms with E-state index < -0.39 is 0 Å². The topological polar surface area (TPSA) is 79.5 Å². The minimum atomic E-state index is -0.0384. The highest BCUT2D eigenvalue weighted by molar-refractivity contribution is 14.0. The first-order chi connectivity index (χ1) is 10.1. The van der Waals surface area contributed by atoms with Crippen LogP contribution in [0.5, 0.6) is 0 Å². The van der Waals surface area contributed by atoms with Crippen LogP contribution in [0.25, 0.3) is 0 Å². The lowest BCUT2D eigenvalue weighted by Gasteiger charge is -2.11. The third kappa shape index (κ3) is 7.63. The Morgan fingerprint density at radius 3 is 2.45 bits per heavy atom. The molecule has 4 N–H and O–H groups in total. The lowest BCUT2D eigenvalue weighted by atomic mass is 10.1. The fourth-order valence-corrected chi connectivity index (χ4v) is 1.66. The van der Waals surface area contributed by atoms with Crippen molar-refractivity contribution in [2.75, 3.05) is 6.54 Å². The van der Waals surface area contributed by atoms with E-state index in [1.165, 1.54) is 0 Å². The van der Waals surface area contributed by atoms with Gasteiger partial charge in [-0.25, -0.2) is 4.99 Å². The molecule has 0 aromatic heterocycles. The fourth-order valence-electron chi connectivity index (χ4n) is 1.66. The van der Waals surface area contributed by atoms with Crippen molar-refractivity contribution in [1.82, 2.24) is 10.6 Å². The molecule has 1 amide bonds. The molecule has 5 nitrogen and oxygen atoms in total. The van der Waals surface area contributed by atoms with E-state index in [-0.39, 0.29) is 35.9 Å². The summed E-state index contributed by atoms with van der Waals surface area (Å²) in [6.45, 7) is 7.44. The number of carbonyl (C=O) groups is 1. The van der Waals surface area contributed by atoms with Gasteiger partial charge in [-0.15, -0.1) is 24.0 Å². The maximum absolute atomic E-state index is 11.9. The van der Waals surface area contributed by atoms with E-state index >= 15 is 0 Å². The molecule has 0 heterocycles. The molecule has 6 heteroatoms. The molecule has 124 valence electrons. The summed E-state index contributed by atoms with van der Waals surface area (Å²) in [5.74, 6) is 0.416. The van der Waals surface area contributed by atoms with E-state index in [0.29, 0.717) is 18.1 Å². The predicted molar refractivity (Wildman–Crippen MR) is 103 cm³/mol. The first-order valence-electron chi connectivity index (χ1n) is 7.50. The van der Waals surface area contributed by atoms with E-state index in [9.17, 15) is 4.79 Å². The number of nitrogens with one attached hydrogen (secondary N) is 2. The number of benzene rings is 1. The Balaban J connectivity index is 0.00000441. The van der Waals surface area contributed by atoms with Crippen molar-refractivity contribution in [1.29, 1.82) is 0 Å². The zero-order valence-electron chi connectivity index (χ0n) is 13.6. The van der Waals surface area contributed by atoms with Gasteiger partial charge in [0.1, 0.15) is 0 Å². The normalized spacial score (nSPS) is 12.2. The van der Waals surface area contributed by atoms with Crippen LogP contribution >= 0.6 is 24.0 Å². The molecule has 22 heavy (non-hydrogen) atoms. The minimum Gasteiger partial charge on any atom is -0.370 e. The number of halogens is 1. The molecule has 1 rings (SSSR count). The second-order valence-electron chi connectivity index (χ2n) is 5.11. The van der Waals surface area contributed by atoms with Crippen LogP contribution in [0.3, 0.4) is 0 Å². The average Bonchev–Trinajstić information content (AvgIpc) is 2.51. The van der Waals surface area contributed by atoms with Crippen LogP contribution in [0.15, 0.2) is 29.3 Å². The fraction of sp³-hybridized carbons (Fsp3) is 0.500. The summed E-state index contributed by atoms with van der Waals surface area (Å²) in [6, 6.07) is 7.63. The molecule has 1 aromatic carbocycles. The predicted octanol–water partition coefficient (Wildman–Crippen LogP) is 2.65. The van der Waals surface area contributed by atoms with Gasteiger partial charge in [-0.3, -0.25) is 4.79 Å². The summed E-state index contributed by atoms with van der Waals surface area (Å²) >= 11 is 0. The van der Waals surface area contributed by atoms with Gasteiger partial charge in [-0.05, 0) is 37.5 Å². The van der Waals surface area contributed by atoms with Gasteiger partial charge >= 0.3 is 0 Å². The highest BCUT2D eigenvalue weighted by Crippen LogP contribution is 2.06. The monoisotopic (exact) mass is 418 g/mol. The number of rotatable bonds is 7. The van der Waals surface area contributed by atoms with Crippen molar-refractivity contribution in [2.24, 2.45) is 10.7 Å². The lowest BCUT2D eigenvalue weighted by molar-refractivity contribution is 0.0939. The van der Waals surface area contributed by atoms with Crippen LogP contribution in [0.1, 0.15) is 49.5 Å². The maximum Gasteiger partial charge on any atom is 0.251 e. The van der Waals surface area contributed by atoms with Gasteiger partial charge in [0.15, 0.2) is 5.96 Å². The van der Waals surface area contributed by atoms with Crippen LogP contribution < -0.4 is 16.4 Å². The summed E-state index contributed by atoms with van der Waals surface area (Å²) in [5.41, 5.74) is 7.42. The van der Waals surface area contributed by atoms with Crippen molar-refractivity contribution < 1.29 is 4.79 Å². The molecule has 0 saturated heterocycles.